The minimum Gasteiger partial charge on any atom is -0.460 e. The molecule has 8 heteroatoms. The van der Waals surface area contributed by atoms with E-state index in [2.05, 4.69) is 32.6 Å². The maximum absolute atomic E-state index is 10.6. The second-order valence-corrected chi connectivity index (χ2v) is 2.94. The van der Waals surface area contributed by atoms with Crippen molar-refractivity contribution < 1.29 is 28.7 Å². The van der Waals surface area contributed by atoms with E-state index in [4.69, 9.17) is 0 Å². The number of nitrogens with zero attached hydrogens (tertiary/aromatic N) is 2. The largest absolute Gasteiger partial charge is 0.460 e. The van der Waals surface area contributed by atoms with Crippen molar-refractivity contribution >= 4 is 24.1 Å². The molecule has 0 heterocycles. The first-order valence-electron chi connectivity index (χ1n) is 5.18. The molecule has 0 unspecified atom stereocenters. The Kier molecular flexibility index (Phi) is 13.9. The highest BCUT2D eigenvalue weighted by Gasteiger charge is 2.00. The van der Waals surface area contributed by atoms with Crippen molar-refractivity contribution in [3.05, 3.63) is 24.8 Å². The van der Waals surface area contributed by atoms with Crippen molar-refractivity contribution in [3.8, 4) is 0 Å². The number of esters is 2. The lowest BCUT2D eigenvalue weighted by molar-refractivity contribution is -0.139. The molecule has 0 aromatic rings. The van der Waals surface area contributed by atoms with Gasteiger partial charge in [0.2, 0.25) is 12.2 Å². The van der Waals surface area contributed by atoms with E-state index < -0.39 is 11.9 Å². The number of ether oxygens (including phenoxy) is 2. The zero-order valence-electron chi connectivity index (χ0n) is 11.0. The van der Waals surface area contributed by atoms with Gasteiger partial charge in [0.05, 0.1) is 6.54 Å². The van der Waals surface area contributed by atoms with E-state index in [9.17, 15) is 19.2 Å². The fourth-order valence-electron chi connectivity index (χ4n) is 0.534. The van der Waals surface area contributed by atoms with Crippen LogP contribution < -0.4 is 0 Å². The van der Waals surface area contributed by atoms with E-state index in [0.717, 1.165) is 6.08 Å². The standard InChI is InChI=1S/C7H9NO3.C5H5NO3/c1-6(2)7(10)11-4-3-8-5-9;1-2-5(8)9-4-6-3-7/h1,3-4H2,2H3;2H,1,4H2. The van der Waals surface area contributed by atoms with E-state index in [0.29, 0.717) is 5.57 Å². The lowest BCUT2D eigenvalue weighted by Gasteiger charge is -1.99. The summed E-state index contributed by atoms with van der Waals surface area (Å²) in [5.41, 5.74) is 0.333. The highest BCUT2D eigenvalue weighted by molar-refractivity contribution is 5.86. The topological polar surface area (TPSA) is 111 Å². The van der Waals surface area contributed by atoms with Gasteiger partial charge in [-0.05, 0) is 6.92 Å². The number of hydrogen-bond acceptors (Lipinski definition) is 8. The normalized spacial score (nSPS) is 7.65. The highest BCUT2D eigenvalue weighted by Crippen LogP contribution is 1.90. The fourth-order valence-corrected chi connectivity index (χ4v) is 0.534. The van der Waals surface area contributed by atoms with Gasteiger partial charge in [-0.2, -0.15) is 4.99 Å². The molecule has 0 fully saturated rings. The molecule has 0 atom stereocenters. The average molecular weight is 282 g/mol. The summed E-state index contributed by atoms with van der Waals surface area (Å²) >= 11 is 0. The minimum absolute atomic E-state index is 0.0981. The van der Waals surface area contributed by atoms with E-state index in [1.165, 1.54) is 12.2 Å². The van der Waals surface area contributed by atoms with Crippen molar-refractivity contribution in [2.75, 3.05) is 19.9 Å². The summed E-state index contributed by atoms with van der Waals surface area (Å²) in [6, 6.07) is 0. The Morgan fingerprint density at radius 3 is 2.25 bits per heavy atom. The lowest BCUT2D eigenvalue weighted by atomic mass is 10.4. The zero-order chi connectivity index (χ0) is 15.8. The van der Waals surface area contributed by atoms with Gasteiger partial charge in [-0.3, -0.25) is 0 Å². The molecule has 0 aromatic carbocycles. The minimum atomic E-state index is -0.603. The van der Waals surface area contributed by atoms with Crippen LogP contribution in [0.2, 0.25) is 0 Å². The Hall–Kier alpha value is -2.82. The Labute approximate surface area is 115 Å². The number of rotatable bonds is 7. The summed E-state index contributed by atoms with van der Waals surface area (Å²) in [7, 11) is 0. The van der Waals surface area contributed by atoms with Crippen molar-refractivity contribution in [2.45, 2.75) is 6.92 Å². The molecule has 0 amide bonds. The van der Waals surface area contributed by atoms with E-state index in [1.54, 1.807) is 6.92 Å². The smallest absolute Gasteiger partial charge is 0.333 e. The molecule has 0 aliphatic carbocycles. The third-order valence-corrected chi connectivity index (χ3v) is 1.35. The molecule has 0 aromatic heterocycles. The Morgan fingerprint density at radius 1 is 1.20 bits per heavy atom. The van der Waals surface area contributed by atoms with E-state index in [-0.39, 0.29) is 19.9 Å². The Bertz CT molecular complexity index is 445. The maximum Gasteiger partial charge on any atom is 0.333 e. The van der Waals surface area contributed by atoms with Crippen molar-refractivity contribution in [2.24, 2.45) is 9.98 Å². The fraction of sp³-hybridized carbons (Fsp3) is 0.333. The molecule has 0 rings (SSSR count). The van der Waals surface area contributed by atoms with Crippen LogP contribution in [0.25, 0.3) is 0 Å². The monoisotopic (exact) mass is 282 g/mol. The van der Waals surface area contributed by atoms with E-state index in [1.807, 2.05) is 0 Å². The molecule has 8 nitrogen and oxygen atoms in total. The highest BCUT2D eigenvalue weighted by atomic mass is 16.5. The second kappa shape index (κ2) is 14.2. The lowest BCUT2D eigenvalue weighted by Crippen LogP contribution is -2.07. The number of hydrogen-bond donors (Lipinski definition) is 0. The van der Waals surface area contributed by atoms with Crippen LogP contribution >= 0.6 is 0 Å². The van der Waals surface area contributed by atoms with Crippen molar-refractivity contribution in [1.82, 2.24) is 0 Å². The second-order valence-electron chi connectivity index (χ2n) is 2.94. The quantitative estimate of drug-likeness (QED) is 0.220. The molecule has 20 heavy (non-hydrogen) atoms. The third-order valence-electron chi connectivity index (χ3n) is 1.35. The summed E-state index contributed by atoms with van der Waals surface area (Å²) in [4.78, 5) is 45.9. The van der Waals surface area contributed by atoms with Gasteiger partial charge in [-0.15, -0.1) is 0 Å². The Morgan fingerprint density at radius 2 is 1.80 bits per heavy atom. The van der Waals surface area contributed by atoms with Crippen LogP contribution in [0.5, 0.6) is 0 Å². The van der Waals surface area contributed by atoms with Gasteiger partial charge in [-0.1, -0.05) is 13.2 Å². The van der Waals surface area contributed by atoms with Gasteiger partial charge in [0, 0.05) is 11.6 Å². The van der Waals surface area contributed by atoms with Crippen LogP contribution in [-0.4, -0.2) is 44.0 Å². The first kappa shape index (κ1) is 19.5. The summed E-state index contributed by atoms with van der Waals surface area (Å²) in [6.45, 7) is 8.01. The number of aliphatic imine (C=N–C) groups is 2. The average Bonchev–Trinajstić information content (AvgIpc) is 2.44. The first-order chi connectivity index (χ1) is 9.49. The zero-order valence-corrected chi connectivity index (χ0v) is 11.0. The molecule has 0 aliphatic rings. The van der Waals surface area contributed by atoms with Crippen LogP contribution in [0.3, 0.4) is 0 Å². The number of isocyanates is 2. The van der Waals surface area contributed by atoms with Gasteiger partial charge >= 0.3 is 11.9 Å². The summed E-state index contributed by atoms with van der Waals surface area (Å²) < 4.78 is 8.84. The van der Waals surface area contributed by atoms with Crippen LogP contribution in [0.1, 0.15) is 6.92 Å². The van der Waals surface area contributed by atoms with Crippen molar-refractivity contribution in [1.29, 1.82) is 0 Å². The molecular formula is C12H14N2O6. The Balaban J connectivity index is 0. The molecule has 0 N–H and O–H groups in total. The van der Waals surface area contributed by atoms with Gasteiger partial charge in [0.1, 0.15) is 6.61 Å². The predicted molar refractivity (Wildman–Crippen MR) is 68.0 cm³/mol. The van der Waals surface area contributed by atoms with Crippen LogP contribution in [0, 0.1) is 0 Å². The summed E-state index contributed by atoms with van der Waals surface area (Å²) in [6.07, 6.45) is 3.53. The van der Waals surface area contributed by atoms with Crippen LogP contribution in [0.4, 0.5) is 0 Å². The molecule has 0 saturated carbocycles. The van der Waals surface area contributed by atoms with Gasteiger partial charge in [0.15, 0.2) is 6.73 Å². The molecule has 0 saturated heterocycles. The van der Waals surface area contributed by atoms with Gasteiger partial charge in [0.25, 0.3) is 0 Å². The predicted octanol–water partition coefficient (Wildman–Crippen LogP) is 0.450. The maximum atomic E-state index is 10.6. The summed E-state index contributed by atoms with van der Waals surface area (Å²) in [5.74, 6) is -1.07. The van der Waals surface area contributed by atoms with Gasteiger partial charge < -0.3 is 9.47 Å². The molecule has 0 radical (unpaired) electrons. The SMILES string of the molecule is C=C(C)C(=O)OCCN=C=O.C=CC(=O)OCN=C=O. The molecular weight excluding hydrogens is 268 g/mol. The first-order valence-corrected chi connectivity index (χ1v) is 5.18. The van der Waals surface area contributed by atoms with Gasteiger partial charge in [-0.25, -0.2) is 24.2 Å². The third kappa shape index (κ3) is 15.2. The molecule has 0 aliphatic heterocycles. The number of carbonyl (C=O) groups excluding carboxylic acids is 4. The summed E-state index contributed by atoms with van der Waals surface area (Å²) in [5, 5.41) is 0. The molecule has 108 valence electrons. The molecule has 0 spiro atoms. The molecule has 0 bridgehead atoms. The van der Waals surface area contributed by atoms with Crippen molar-refractivity contribution in [3.63, 3.8) is 0 Å². The van der Waals surface area contributed by atoms with E-state index >= 15 is 0 Å². The number of carbonyl (C=O) groups is 2. The van der Waals surface area contributed by atoms with Crippen LogP contribution in [-0.2, 0) is 28.7 Å². The van der Waals surface area contributed by atoms with Crippen LogP contribution in [0.15, 0.2) is 34.8 Å².